The molecule has 0 atom stereocenters. The number of hydrogen-bond acceptors (Lipinski definition) is 3. The summed E-state index contributed by atoms with van der Waals surface area (Å²) in [5, 5.41) is 18.9. The van der Waals surface area contributed by atoms with Crippen LogP contribution in [-0.4, -0.2) is 45.6 Å². The smallest absolute Gasteiger partial charge is 0.196 e. The Bertz CT molecular complexity index is 523. The van der Waals surface area contributed by atoms with Crippen LogP contribution in [0.25, 0.3) is 0 Å². The van der Waals surface area contributed by atoms with E-state index < -0.39 is 0 Å². The van der Waals surface area contributed by atoms with Crippen molar-refractivity contribution in [1.29, 1.82) is 0 Å². The first-order valence-electron chi connectivity index (χ1n) is 4.81. The quantitative estimate of drug-likeness (QED) is 0.477. The third kappa shape index (κ3) is 2.88. The van der Waals surface area contributed by atoms with Crippen LogP contribution in [0, 0.1) is 0 Å². The molecule has 0 spiro atoms. The van der Waals surface area contributed by atoms with Gasteiger partial charge in [0.05, 0.1) is 5.56 Å². The van der Waals surface area contributed by atoms with Crippen LogP contribution < -0.4 is 0 Å². The Hall–Kier alpha value is -1.29. The number of phenols is 2. The van der Waals surface area contributed by atoms with Crippen molar-refractivity contribution in [3.05, 3.63) is 59.7 Å². The topological polar surface area (TPSA) is 57.5 Å². The Morgan fingerprint density at radius 2 is 1.53 bits per heavy atom. The van der Waals surface area contributed by atoms with Crippen molar-refractivity contribution in [2.45, 2.75) is 0 Å². The molecule has 0 fully saturated rings. The van der Waals surface area contributed by atoms with Crippen LogP contribution in [0.1, 0.15) is 15.9 Å². The number of para-hydroxylation sites is 1. The number of benzene rings is 2. The van der Waals surface area contributed by atoms with Gasteiger partial charge < -0.3 is 10.2 Å². The number of rotatable bonds is 2. The maximum absolute atomic E-state index is 11.9. The van der Waals surface area contributed by atoms with E-state index in [2.05, 4.69) is 0 Å². The van der Waals surface area contributed by atoms with Gasteiger partial charge in [-0.1, -0.05) is 36.4 Å². The van der Waals surface area contributed by atoms with Crippen molar-refractivity contribution in [3.63, 3.8) is 0 Å². The molecule has 2 aromatic carbocycles. The van der Waals surface area contributed by atoms with Crippen molar-refractivity contribution in [2.75, 3.05) is 0 Å². The molecule has 2 aromatic rings. The minimum absolute atomic E-state index is 0. The normalized spacial score (nSPS) is 9.41. The van der Waals surface area contributed by atoms with Gasteiger partial charge >= 0.3 is 0 Å². The SMILES string of the molecule is O=C(c1ccccc1)c1cccc(O)c1O.[Na]. The van der Waals surface area contributed by atoms with Gasteiger partial charge in [0.1, 0.15) is 0 Å². The van der Waals surface area contributed by atoms with Crippen LogP contribution in [0.4, 0.5) is 0 Å². The van der Waals surface area contributed by atoms with Crippen LogP contribution >= 0.6 is 0 Å². The Kier molecular flexibility index (Phi) is 4.75. The predicted molar refractivity (Wildman–Crippen MR) is 65.4 cm³/mol. The van der Waals surface area contributed by atoms with Crippen LogP contribution in [0.5, 0.6) is 11.5 Å². The van der Waals surface area contributed by atoms with Gasteiger partial charge in [-0.05, 0) is 12.1 Å². The molecule has 0 aliphatic carbocycles. The summed E-state index contributed by atoms with van der Waals surface area (Å²) in [5.74, 6) is -0.980. The monoisotopic (exact) mass is 237 g/mol. The van der Waals surface area contributed by atoms with E-state index in [1.54, 1.807) is 30.3 Å². The average Bonchev–Trinajstić information content (AvgIpc) is 2.33. The van der Waals surface area contributed by atoms with E-state index in [0.717, 1.165) is 0 Å². The Morgan fingerprint density at radius 3 is 2.18 bits per heavy atom. The molecule has 0 aliphatic rings. The number of aromatic hydroxyl groups is 2. The van der Waals surface area contributed by atoms with E-state index in [1.807, 2.05) is 0 Å². The van der Waals surface area contributed by atoms with E-state index in [0.29, 0.717) is 5.56 Å². The third-order valence-corrected chi connectivity index (χ3v) is 2.30. The minimum Gasteiger partial charge on any atom is -0.504 e. The van der Waals surface area contributed by atoms with Gasteiger partial charge in [-0.3, -0.25) is 4.79 Å². The molecule has 2 rings (SSSR count). The van der Waals surface area contributed by atoms with Gasteiger partial charge in [-0.2, -0.15) is 0 Å². The Morgan fingerprint density at radius 1 is 0.882 bits per heavy atom. The number of hydrogen-bond donors (Lipinski definition) is 2. The first-order valence-corrected chi connectivity index (χ1v) is 4.81. The molecule has 0 aliphatic heterocycles. The van der Waals surface area contributed by atoms with E-state index in [-0.39, 0.29) is 52.4 Å². The number of carbonyl (C=O) groups excluding carboxylic acids is 1. The molecule has 0 saturated carbocycles. The largest absolute Gasteiger partial charge is 0.504 e. The molecule has 0 saturated heterocycles. The molecule has 0 amide bonds. The van der Waals surface area contributed by atoms with Gasteiger partial charge in [-0.25, -0.2) is 0 Å². The first kappa shape index (κ1) is 13.8. The second-order valence-electron chi connectivity index (χ2n) is 3.37. The molecule has 3 nitrogen and oxygen atoms in total. The third-order valence-electron chi connectivity index (χ3n) is 2.30. The summed E-state index contributed by atoms with van der Waals surface area (Å²) in [7, 11) is 0. The van der Waals surface area contributed by atoms with Crippen LogP contribution in [-0.2, 0) is 0 Å². The van der Waals surface area contributed by atoms with Crippen molar-refractivity contribution >= 4 is 35.3 Å². The second-order valence-corrected chi connectivity index (χ2v) is 3.37. The molecule has 0 unspecified atom stereocenters. The van der Waals surface area contributed by atoms with Crippen molar-refractivity contribution in [3.8, 4) is 11.5 Å². The molecular formula is C13H10NaO3. The van der Waals surface area contributed by atoms with Crippen molar-refractivity contribution < 1.29 is 15.0 Å². The molecule has 81 valence electrons. The molecule has 2 N–H and O–H groups in total. The van der Waals surface area contributed by atoms with Gasteiger partial charge in [0.15, 0.2) is 17.3 Å². The van der Waals surface area contributed by atoms with Crippen LogP contribution in [0.2, 0.25) is 0 Å². The van der Waals surface area contributed by atoms with Crippen LogP contribution in [0.3, 0.4) is 0 Å². The summed E-state index contributed by atoms with van der Waals surface area (Å²) in [5.41, 5.74) is 0.578. The Labute approximate surface area is 121 Å². The fourth-order valence-electron chi connectivity index (χ4n) is 1.46. The summed E-state index contributed by atoms with van der Waals surface area (Å²) in [6.07, 6.45) is 0. The molecule has 0 bridgehead atoms. The number of carbonyl (C=O) groups is 1. The molecule has 4 heteroatoms. The maximum atomic E-state index is 11.9. The fraction of sp³-hybridized carbons (Fsp3) is 0. The zero-order chi connectivity index (χ0) is 11.5. The maximum Gasteiger partial charge on any atom is 0.196 e. The fourth-order valence-corrected chi connectivity index (χ4v) is 1.46. The number of ketones is 1. The molecular weight excluding hydrogens is 227 g/mol. The standard InChI is InChI=1S/C13H10O3.Na/c14-11-8-4-7-10(13(11)16)12(15)9-5-2-1-3-6-9;/h1-8,14,16H;. The molecule has 1 radical (unpaired) electrons. The summed E-state index contributed by atoms with van der Waals surface area (Å²) in [6, 6.07) is 12.9. The minimum atomic E-state index is -0.378. The van der Waals surface area contributed by atoms with Gasteiger partial charge in [0.25, 0.3) is 0 Å². The summed E-state index contributed by atoms with van der Waals surface area (Å²) < 4.78 is 0. The average molecular weight is 237 g/mol. The van der Waals surface area contributed by atoms with Crippen LogP contribution in [0.15, 0.2) is 48.5 Å². The first-order chi connectivity index (χ1) is 7.70. The molecule has 0 aromatic heterocycles. The predicted octanol–water partition coefficient (Wildman–Crippen LogP) is 1.95. The summed E-state index contributed by atoms with van der Waals surface area (Å²) >= 11 is 0. The van der Waals surface area contributed by atoms with E-state index in [1.165, 1.54) is 18.2 Å². The van der Waals surface area contributed by atoms with Crippen molar-refractivity contribution in [1.82, 2.24) is 0 Å². The van der Waals surface area contributed by atoms with E-state index in [9.17, 15) is 15.0 Å². The van der Waals surface area contributed by atoms with E-state index in [4.69, 9.17) is 0 Å². The van der Waals surface area contributed by atoms with Gasteiger partial charge in [-0.15, -0.1) is 0 Å². The summed E-state index contributed by atoms with van der Waals surface area (Å²) in [6.45, 7) is 0. The van der Waals surface area contributed by atoms with Crippen molar-refractivity contribution in [2.24, 2.45) is 0 Å². The zero-order valence-electron chi connectivity index (χ0n) is 9.42. The second kappa shape index (κ2) is 5.87. The zero-order valence-corrected chi connectivity index (χ0v) is 11.4. The van der Waals surface area contributed by atoms with Gasteiger partial charge in [0.2, 0.25) is 0 Å². The molecule has 17 heavy (non-hydrogen) atoms. The molecule has 0 heterocycles. The Balaban J connectivity index is 0.00000144. The van der Waals surface area contributed by atoms with E-state index >= 15 is 0 Å². The number of phenolic OH excluding ortho intramolecular Hbond substituents is 2. The van der Waals surface area contributed by atoms with Gasteiger partial charge in [0, 0.05) is 35.1 Å². The summed E-state index contributed by atoms with van der Waals surface area (Å²) in [4.78, 5) is 11.9.